The highest BCUT2D eigenvalue weighted by Crippen LogP contribution is 2.74. The second kappa shape index (κ2) is 8.70. The molecule has 5 aliphatic carbocycles. The van der Waals surface area contributed by atoms with Gasteiger partial charge in [0.2, 0.25) is 0 Å². The Morgan fingerprint density at radius 1 is 1.11 bits per heavy atom. The zero-order chi connectivity index (χ0) is 27.9. The average molecular weight is 522 g/mol. The maximum absolute atomic E-state index is 14.5. The molecule has 0 amide bonds. The normalized spacial score (nSPS) is 45.5. The van der Waals surface area contributed by atoms with Gasteiger partial charge in [-0.3, -0.25) is 9.59 Å². The van der Waals surface area contributed by atoms with Crippen molar-refractivity contribution in [2.24, 2.45) is 50.7 Å². The Labute approximate surface area is 229 Å². The number of carbonyl (C=O) groups is 2. The minimum atomic E-state index is -0.307. The molecule has 0 spiro atoms. The van der Waals surface area contributed by atoms with Crippen LogP contribution >= 0.6 is 0 Å². The van der Waals surface area contributed by atoms with Crippen molar-refractivity contribution in [3.05, 3.63) is 23.0 Å². The number of aliphatic hydroxyl groups excluding tert-OH is 1. The van der Waals surface area contributed by atoms with E-state index in [2.05, 4.69) is 40.7 Å². The smallest absolute Gasteiger partial charge is 0.305 e. The standard InChI is InChI=1S/C33H47NO4/c1-20-22-8-10-31(5)25(30(22,4)17-21(19-34)28(20)37)16-24(35)27-23-18-29(2,3)12-14-33(23,11-9-26(36)38-7)15-13-32(27,31)6/h16,20,22-23,27,37H,8-15,17-18H2,1-7H3/t20-,22-,23?,27?,30-,31+,32+,33+/m0/s1. The van der Waals surface area contributed by atoms with E-state index in [-0.39, 0.29) is 68.3 Å². The van der Waals surface area contributed by atoms with Crippen LogP contribution in [-0.2, 0) is 14.3 Å². The van der Waals surface area contributed by atoms with E-state index < -0.39 is 0 Å². The first-order valence-electron chi connectivity index (χ1n) is 14.8. The number of methoxy groups -OCH3 is 1. The maximum Gasteiger partial charge on any atom is 0.305 e. The van der Waals surface area contributed by atoms with E-state index in [1.165, 1.54) is 12.7 Å². The van der Waals surface area contributed by atoms with E-state index in [9.17, 15) is 20.0 Å². The number of nitrogens with zero attached hydrogens (tertiary/aromatic N) is 1. The number of hydrogen-bond acceptors (Lipinski definition) is 5. The molecule has 8 atom stereocenters. The first-order chi connectivity index (χ1) is 17.7. The molecule has 5 nitrogen and oxygen atoms in total. The molecule has 0 aromatic carbocycles. The van der Waals surface area contributed by atoms with E-state index >= 15 is 0 Å². The van der Waals surface area contributed by atoms with E-state index in [0.717, 1.165) is 51.4 Å². The molecule has 0 radical (unpaired) electrons. The summed E-state index contributed by atoms with van der Waals surface area (Å²) in [6, 6.07) is 2.29. The summed E-state index contributed by atoms with van der Waals surface area (Å²) in [4.78, 5) is 26.7. The number of nitriles is 1. The number of hydrogen-bond donors (Lipinski definition) is 1. The lowest BCUT2D eigenvalue weighted by Gasteiger charge is -2.69. The fraction of sp³-hybridized carbons (Fsp3) is 0.788. The molecule has 5 heteroatoms. The predicted octanol–water partition coefficient (Wildman–Crippen LogP) is 7.48. The van der Waals surface area contributed by atoms with E-state index in [1.807, 2.05) is 13.0 Å². The number of esters is 1. The molecule has 0 bridgehead atoms. The molecule has 0 aromatic rings. The van der Waals surface area contributed by atoms with Crippen molar-refractivity contribution in [2.75, 3.05) is 7.11 Å². The Kier molecular flexibility index (Phi) is 6.29. The summed E-state index contributed by atoms with van der Waals surface area (Å²) in [5.41, 5.74) is 1.28. The number of aliphatic hydroxyl groups is 1. The summed E-state index contributed by atoms with van der Waals surface area (Å²) in [7, 11) is 1.47. The second-order valence-electron chi connectivity index (χ2n) is 15.1. The van der Waals surface area contributed by atoms with Crippen molar-refractivity contribution in [1.29, 1.82) is 5.26 Å². The van der Waals surface area contributed by atoms with Crippen LogP contribution in [0, 0.1) is 62.1 Å². The van der Waals surface area contributed by atoms with Gasteiger partial charge in [-0.25, -0.2) is 0 Å². The predicted molar refractivity (Wildman–Crippen MR) is 147 cm³/mol. The number of allylic oxidation sites excluding steroid dienone is 4. The van der Waals surface area contributed by atoms with Gasteiger partial charge in [-0.2, -0.15) is 5.26 Å². The van der Waals surface area contributed by atoms with Crippen LogP contribution in [0.3, 0.4) is 0 Å². The number of carbonyl (C=O) groups excluding carboxylic acids is 2. The van der Waals surface area contributed by atoms with Crippen molar-refractivity contribution in [3.63, 3.8) is 0 Å². The number of ketones is 1. The molecule has 3 saturated carbocycles. The van der Waals surface area contributed by atoms with Crippen molar-refractivity contribution in [2.45, 2.75) is 106 Å². The molecule has 5 aliphatic rings. The summed E-state index contributed by atoms with van der Waals surface area (Å²) >= 11 is 0. The van der Waals surface area contributed by atoms with E-state index in [1.54, 1.807) is 0 Å². The zero-order valence-corrected chi connectivity index (χ0v) is 24.6. The van der Waals surface area contributed by atoms with Gasteiger partial charge in [-0.1, -0.05) is 47.1 Å². The lowest BCUT2D eigenvalue weighted by Crippen LogP contribution is -2.64. The van der Waals surface area contributed by atoms with Crippen LogP contribution in [0.5, 0.6) is 0 Å². The highest BCUT2D eigenvalue weighted by Gasteiger charge is 2.68. The molecule has 1 N–H and O–H groups in total. The number of rotatable bonds is 3. The summed E-state index contributed by atoms with van der Waals surface area (Å²) in [5, 5.41) is 20.7. The van der Waals surface area contributed by atoms with Gasteiger partial charge < -0.3 is 9.84 Å². The first-order valence-corrected chi connectivity index (χ1v) is 14.8. The van der Waals surface area contributed by atoms with E-state index in [4.69, 9.17) is 4.74 Å². The molecule has 0 heterocycles. The lowest BCUT2D eigenvalue weighted by molar-refractivity contribution is -0.173. The molecule has 0 aromatic heterocycles. The molecule has 0 saturated heterocycles. The van der Waals surface area contributed by atoms with Crippen molar-refractivity contribution < 1.29 is 19.4 Å². The highest BCUT2D eigenvalue weighted by molar-refractivity contribution is 5.95. The van der Waals surface area contributed by atoms with Gasteiger partial charge in [-0.05, 0) is 103 Å². The largest absolute Gasteiger partial charge is 0.511 e. The maximum atomic E-state index is 14.5. The highest BCUT2D eigenvalue weighted by atomic mass is 16.5. The summed E-state index contributed by atoms with van der Waals surface area (Å²) in [5.74, 6) is 0.713. The van der Waals surface area contributed by atoms with Crippen LogP contribution in [0.1, 0.15) is 106 Å². The fourth-order valence-electron chi connectivity index (χ4n) is 10.5. The van der Waals surface area contributed by atoms with Crippen molar-refractivity contribution >= 4 is 11.8 Å². The molecular formula is C33H47NO4. The van der Waals surface area contributed by atoms with Crippen LogP contribution in [0.4, 0.5) is 0 Å². The molecular weight excluding hydrogens is 474 g/mol. The van der Waals surface area contributed by atoms with Gasteiger partial charge >= 0.3 is 5.97 Å². The Balaban J connectivity index is 1.61. The monoisotopic (exact) mass is 521 g/mol. The average Bonchev–Trinajstić information content (AvgIpc) is 2.86. The van der Waals surface area contributed by atoms with Gasteiger partial charge in [0.15, 0.2) is 5.78 Å². The van der Waals surface area contributed by atoms with Crippen LogP contribution < -0.4 is 0 Å². The third-order valence-electron chi connectivity index (χ3n) is 13.0. The van der Waals surface area contributed by atoms with Gasteiger partial charge in [0.1, 0.15) is 5.76 Å². The molecule has 3 fully saturated rings. The van der Waals surface area contributed by atoms with Gasteiger partial charge in [0, 0.05) is 18.3 Å². The summed E-state index contributed by atoms with van der Waals surface area (Å²) in [6.45, 7) is 13.8. The topological polar surface area (TPSA) is 87.4 Å². The Bertz CT molecular complexity index is 1160. The lowest BCUT2D eigenvalue weighted by atomic mass is 9.34. The van der Waals surface area contributed by atoms with Gasteiger partial charge in [-0.15, -0.1) is 0 Å². The molecule has 2 unspecified atom stereocenters. The Morgan fingerprint density at radius 3 is 2.45 bits per heavy atom. The van der Waals surface area contributed by atoms with Crippen molar-refractivity contribution in [3.8, 4) is 6.07 Å². The Hall–Kier alpha value is -2.09. The third kappa shape index (κ3) is 3.61. The second-order valence-corrected chi connectivity index (χ2v) is 15.1. The number of ether oxygens (including phenoxy) is 1. The van der Waals surface area contributed by atoms with Crippen LogP contribution in [0.2, 0.25) is 0 Å². The minimum absolute atomic E-state index is 0.00815. The summed E-state index contributed by atoms with van der Waals surface area (Å²) in [6.07, 6.45) is 11.0. The summed E-state index contributed by atoms with van der Waals surface area (Å²) < 4.78 is 5.03. The minimum Gasteiger partial charge on any atom is -0.511 e. The first kappa shape index (κ1) is 27.5. The molecule has 208 valence electrons. The zero-order valence-electron chi connectivity index (χ0n) is 24.6. The van der Waals surface area contributed by atoms with Crippen molar-refractivity contribution in [1.82, 2.24) is 0 Å². The van der Waals surface area contributed by atoms with Crippen LogP contribution in [0.25, 0.3) is 0 Å². The molecule has 0 aliphatic heterocycles. The quantitative estimate of drug-likeness (QED) is 0.389. The fourth-order valence-corrected chi connectivity index (χ4v) is 10.5. The third-order valence-corrected chi connectivity index (χ3v) is 13.0. The molecule has 38 heavy (non-hydrogen) atoms. The Morgan fingerprint density at radius 2 is 1.79 bits per heavy atom. The van der Waals surface area contributed by atoms with Crippen LogP contribution in [0.15, 0.2) is 23.0 Å². The van der Waals surface area contributed by atoms with Gasteiger partial charge in [0.25, 0.3) is 0 Å². The number of fused-ring (bicyclic) bond motifs is 7. The SMILES string of the molecule is COC(=O)CC[C@]12CCC(C)(C)CC1C1C(=O)C=C3[C@@]4(C)CC(C#N)=C(O)[C@@H](C)[C@@H]4CC[C@@]3(C)[C@]1(C)CC2. The van der Waals surface area contributed by atoms with Gasteiger partial charge in [0.05, 0.1) is 18.8 Å². The van der Waals surface area contributed by atoms with E-state index in [0.29, 0.717) is 18.4 Å². The van der Waals surface area contributed by atoms with Crippen LogP contribution in [-0.4, -0.2) is 24.0 Å². The molecule has 5 rings (SSSR count).